The monoisotopic (exact) mass is 287 g/mol. The number of aliphatic hydroxyl groups excluding tert-OH is 1. The first-order valence-corrected chi connectivity index (χ1v) is 7.39. The van der Waals surface area contributed by atoms with Gasteiger partial charge in [-0.1, -0.05) is 0 Å². The molecule has 1 N–H and O–H groups in total. The van der Waals surface area contributed by atoms with Gasteiger partial charge in [0.05, 0.1) is 18.1 Å². The second-order valence-electron chi connectivity index (χ2n) is 5.69. The van der Waals surface area contributed by atoms with E-state index in [2.05, 4.69) is 15.0 Å². The topological polar surface area (TPSA) is 67.1 Å². The molecule has 0 unspecified atom stereocenters. The van der Waals surface area contributed by atoms with Gasteiger partial charge in [0, 0.05) is 25.4 Å². The van der Waals surface area contributed by atoms with Crippen LogP contribution in [0.3, 0.4) is 0 Å². The molecule has 6 heteroatoms. The van der Waals surface area contributed by atoms with Crippen LogP contribution in [0, 0.1) is 19.8 Å². The van der Waals surface area contributed by atoms with Crippen molar-refractivity contribution in [2.75, 3.05) is 24.6 Å². The summed E-state index contributed by atoms with van der Waals surface area (Å²) in [4.78, 5) is 11.2. The van der Waals surface area contributed by atoms with Gasteiger partial charge < -0.3 is 10.0 Å². The van der Waals surface area contributed by atoms with Crippen LogP contribution in [-0.4, -0.2) is 44.6 Å². The number of hydrogen-bond donors (Lipinski definition) is 1. The van der Waals surface area contributed by atoms with E-state index in [0.29, 0.717) is 5.92 Å². The van der Waals surface area contributed by atoms with Gasteiger partial charge in [-0.3, -0.25) is 4.98 Å². The Hall–Kier alpha value is -1.95. The van der Waals surface area contributed by atoms with Crippen LogP contribution in [0.25, 0.3) is 5.82 Å². The summed E-state index contributed by atoms with van der Waals surface area (Å²) >= 11 is 0. The molecule has 1 fully saturated rings. The molecule has 2 aromatic rings. The highest BCUT2D eigenvalue weighted by Crippen LogP contribution is 2.21. The predicted molar refractivity (Wildman–Crippen MR) is 80.7 cm³/mol. The Labute approximate surface area is 124 Å². The van der Waals surface area contributed by atoms with E-state index >= 15 is 0 Å². The standard InChI is InChI=1S/C15H21N5O/c1-11-7-12(2)20(18-11)15-9-16-8-14(17-15)19-5-3-13(10-21)4-6-19/h7-9,13,21H,3-6,10H2,1-2H3. The van der Waals surface area contributed by atoms with Crippen molar-refractivity contribution in [1.29, 1.82) is 0 Å². The highest BCUT2D eigenvalue weighted by atomic mass is 16.3. The van der Waals surface area contributed by atoms with Crippen LogP contribution in [0.4, 0.5) is 5.82 Å². The van der Waals surface area contributed by atoms with Crippen LogP contribution < -0.4 is 4.90 Å². The molecule has 21 heavy (non-hydrogen) atoms. The van der Waals surface area contributed by atoms with Gasteiger partial charge in [-0.2, -0.15) is 5.10 Å². The third-order valence-corrected chi connectivity index (χ3v) is 4.03. The van der Waals surface area contributed by atoms with Crippen LogP contribution in [0.15, 0.2) is 18.5 Å². The number of nitrogens with zero attached hydrogens (tertiary/aromatic N) is 5. The smallest absolute Gasteiger partial charge is 0.174 e. The van der Waals surface area contributed by atoms with Gasteiger partial charge in [0.15, 0.2) is 5.82 Å². The first kappa shape index (κ1) is 14.0. The molecule has 0 amide bonds. The van der Waals surface area contributed by atoms with E-state index in [4.69, 9.17) is 4.98 Å². The maximum Gasteiger partial charge on any atom is 0.174 e. The quantitative estimate of drug-likeness (QED) is 0.926. The first-order valence-electron chi connectivity index (χ1n) is 7.39. The zero-order chi connectivity index (χ0) is 14.8. The van der Waals surface area contributed by atoms with Crippen LogP contribution in [-0.2, 0) is 0 Å². The second-order valence-corrected chi connectivity index (χ2v) is 5.69. The minimum absolute atomic E-state index is 0.283. The zero-order valence-electron chi connectivity index (χ0n) is 12.5. The van der Waals surface area contributed by atoms with Crippen LogP contribution >= 0.6 is 0 Å². The van der Waals surface area contributed by atoms with E-state index < -0.39 is 0 Å². The third kappa shape index (κ3) is 2.90. The Morgan fingerprint density at radius 1 is 1.19 bits per heavy atom. The fourth-order valence-corrected chi connectivity index (χ4v) is 2.81. The van der Waals surface area contributed by atoms with Gasteiger partial charge in [0.2, 0.25) is 0 Å². The molecule has 1 aliphatic heterocycles. The number of hydrogen-bond acceptors (Lipinski definition) is 5. The highest BCUT2D eigenvalue weighted by molar-refractivity contribution is 5.40. The summed E-state index contributed by atoms with van der Waals surface area (Å²) < 4.78 is 1.83. The molecule has 1 saturated heterocycles. The Bertz CT molecular complexity index is 616. The van der Waals surface area contributed by atoms with E-state index in [1.165, 1.54) is 0 Å². The van der Waals surface area contributed by atoms with Gasteiger partial charge in [-0.15, -0.1) is 0 Å². The lowest BCUT2D eigenvalue weighted by Crippen LogP contribution is -2.35. The van der Waals surface area contributed by atoms with E-state index in [1.807, 2.05) is 24.6 Å². The van der Waals surface area contributed by atoms with Gasteiger partial charge in [0.1, 0.15) is 5.82 Å². The Morgan fingerprint density at radius 3 is 2.52 bits per heavy atom. The van der Waals surface area contributed by atoms with E-state index in [-0.39, 0.29) is 6.61 Å². The van der Waals surface area contributed by atoms with Gasteiger partial charge in [-0.05, 0) is 38.7 Å². The largest absolute Gasteiger partial charge is 0.396 e. The van der Waals surface area contributed by atoms with Crippen molar-refractivity contribution in [3.63, 3.8) is 0 Å². The van der Waals surface area contributed by atoms with Gasteiger partial charge in [-0.25, -0.2) is 9.67 Å². The SMILES string of the molecule is Cc1cc(C)n(-c2cncc(N3CCC(CO)CC3)n2)n1. The molecule has 6 nitrogen and oxygen atoms in total. The molecule has 1 aliphatic rings. The average molecular weight is 287 g/mol. The fourth-order valence-electron chi connectivity index (χ4n) is 2.81. The molecule has 0 aliphatic carbocycles. The Balaban J connectivity index is 1.82. The summed E-state index contributed by atoms with van der Waals surface area (Å²) in [7, 11) is 0. The normalized spacial score (nSPS) is 16.4. The molecule has 0 radical (unpaired) electrons. The molecule has 112 valence electrons. The highest BCUT2D eigenvalue weighted by Gasteiger charge is 2.20. The van der Waals surface area contributed by atoms with Crippen LogP contribution in [0.2, 0.25) is 0 Å². The van der Waals surface area contributed by atoms with Gasteiger partial charge in [0.25, 0.3) is 0 Å². The molecule has 0 saturated carbocycles. The molecular weight excluding hydrogens is 266 g/mol. The summed E-state index contributed by atoms with van der Waals surface area (Å²) in [6.07, 6.45) is 5.54. The molecule has 2 aromatic heterocycles. The predicted octanol–water partition coefficient (Wildman–Crippen LogP) is 1.49. The lowest BCUT2D eigenvalue weighted by molar-refractivity contribution is 0.202. The van der Waals surface area contributed by atoms with Crippen LogP contribution in [0.1, 0.15) is 24.2 Å². The number of aryl methyl sites for hydroxylation is 2. The lowest BCUT2D eigenvalue weighted by atomic mass is 9.98. The van der Waals surface area contributed by atoms with E-state index in [9.17, 15) is 5.11 Å². The summed E-state index contributed by atoms with van der Waals surface area (Å²) in [6.45, 7) is 6.10. The second kappa shape index (κ2) is 5.81. The van der Waals surface area contributed by atoms with Crippen molar-refractivity contribution in [2.45, 2.75) is 26.7 Å². The maximum absolute atomic E-state index is 9.22. The summed E-state index contributed by atoms with van der Waals surface area (Å²) in [5.41, 5.74) is 2.03. The van der Waals surface area contributed by atoms with E-state index in [0.717, 1.165) is 49.0 Å². The van der Waals surface area contributed by atoms with E-state index in [1.54, 1.807) is 12.4 Å². The number of aromatic nitrogens is 4. The van der Waals surface area contributed by atoms with Gasteiger partial charge >= 0.3 is 0 Å². The summed E-state index contributed by atoms with van der Waals surface area (Å²) in [6, 6.07) is 2.03. The Kier molecular flexibility index (Phi) is 3.88. The van der Waals surface area contributed by atoms with Crippen LogP contribution in [0.5, 0.6) is 0 Å². The average Bonchev–Trinajstić information content (AvgIpc) is 2.86. The molecule has 0 bridgehead atoms. The molecule has 0 aromatic carbocycles. The third-order valence-electron chi connectivity index (χ3n) is 4.03. The van der Waals surface area contributed by atoms with Crippen molar-refractivity contribution in [3.05, 3.63) is 29.8 Å². The number of rotatable bonds is 3. The minimum atomic E-state index is 0.283. The Morgan fingerprint density at radius 2 is 1.90 bits per heavy atom. The number of anilines is 1. The fraction of sp³-hybridized carbons (Fsp3) is 0.533. The molecule has 0 spiro atoms. The zero-order valence-corrected chi connectivity index (χ0v) is 12.5. The van der Waals surface area contributed by atoms with Crippen molar-refractivity contribution < 1.29 is 5.11 Å². The molecule has 0 atom stereocenters. The summed E-state index contributed by atoms with van der Waals surface area (Å²) in [5, 5.41) is 13.7. The van der Waals surface area contributed by atoms with Crippen molar-refractivity contribution >= 4 is 5.82 Å². The summed E-state index contributed by atoms with van der Waals surface area (Å²) in [5.74, 6) is 2.06. The first-order chi connectivity index (χ1) is 10.2. The minimum Gasteiger partial charge on any atom is -0.396 e. The maximum atomic E-state index is 9.22. The molecule has 3 rings (SSSR count). The lowest BCUT2D eigenvalue weighted by Gasteiger charge is -2.31. The molecule has 3 heterocycles. The van der Waals surface area contributed by atoms with Crippen molar-refractivity contribution in [2.24, 2.45) is 5.92 Å². The number of piperidine rings is 1. The molecular formula is C15H21N5O. The van der Waals surface area contributed by atoms with Crippen molar-refractivity contribution in [1.82, 2.24) is 19.7 Å². The number of aliphatic hydroxyl groups is 1. The van der Waals surface area contributed by atoms with Crippen molar-refractivity contribution in [3.8, 4) is 5.82 Å².